The predicted octanol–water partition coefficient (Wildman–Crippen LogP) is 4.47. The van der Waals surface area contributed by atoms with Gasteiger partial charge in [0.2, 0.25) is 0 Å². The van der Waals surface area contributed by atoms with E-state index >= 15 is 0 Å². The fraction of sp³-hybridized carbons (Fsp3) is 0.294. The normalized spacial score (nSPS) is 13.5. The molecule has 3 nitrogen and oxygen atoms in total. The standard InChI is InChI=1S/C17H16ClN3S/c1-21(9-11-5-2-3-7-13(11)18)16-15-12-6-4-8-14(12)22-17(15)20-10-19-16/h2-3,5,7,10H,4,6,8-9H2,1H3. The molecule has 0 amide bonds. The van der Waals surface area contributed by atoms with Crippen molar-refractivity contribution >= 4 is 39.0 Å². The Bertz CT molecular complexity index is 843. The Morgan fingerprint density at radius 3 is 2.95 bits per heavy atom. The molecule has 0 spiro atoms. The van der Waals surface area contributed by atoms with Gasteiger partial charge < -0.3 is 4.90 Å². The van der Waals surface area contributed by atoms with Crippen molar-refractivity contribution in [3.8, 4) is 0 Å². The Kier molecular flexibility index (Phi) is 3.51. The third kappa shape index (κ3) is 2.27. The molecule has 4 rings (SSSR count). The molecule has 0 atom stereocenters. The van der Waals surface area contributed by atoms with Crippen molar-refractivity contribution in [3.63, 3.8) is 0 Å². The molecule has 22 heavy (non-hydrogen) atoms. The van der Waals surface area contributed by atoms with Gasteiger partial charge in [-0.1, -0.05) is 29.8 Å². The van der Waals surface area contributed by atoms with Gasteiger partial charge in [0.1, 0.15) is 17.0 Å². The minimum atomic E-state index is 0.746. The quantitative estimate of drug-likeness (QED) is 0.710. The number of benzene rings is 1. The second kappa shape index (κ2) is 5.52. The summed E-state index contributed by atoms with van der Waals surface area (Å²) in [6.07, 6.45) is 5.26. The average molecular weight is 330 g/mol. The Hall–Kier alpha value is -1.65. The fourth-order valence-corrected chi connectivity index (χ4v) is 4.58. The molecule has 0 radical (unpaired) electrons. The largest absolute Gasteiger partial charge is 0.355 e. The molecule has 0 fully saturated rings. The minimum Gasteiger partial charge on any atom is -0.355 e. The van der Waals surface area contributed by atoms with Crippen molar-refractivity contribution in [1.29, 1.82) is 0 Å². The van der Waals surface area contributed by atoms with E-state index in [1.807, 2.05) is 29.5 Å². The first-order chi connectivity index (χ1) is 10.7. The smallest absolute Gasteiger partial charge is 0.141 e. The van der Waals surface area contributed by atoms with E-state index in [9.17, 15) is 0 Å². The molecule has 0 saturated carbocycles. The van der Waals surface area contributed by atoms with E-state index in [2.05, 4.69) is 28.0 Å². The SMILES string of the molecule is CN(Cc1ccccc1Cl)c1ncnc2sc3c(c12)CCC3. The minimum absolute atomic E-state index is 0.746. The molecule has 3 aromatic rings. The van der Waals surface area contributed by atoms with Gasteiger partial charge in [0, 0.05) is 23.5 Å². The van der Waals surface area contributed by atoms with Crippen molar-refractivity contribution in [2.24, 2.45) is 0 Å². The summed E-state index contributed by atoms with van der Waals surface area (Å²) in [5.41, 5.74) is 2.58. The van der Waals surface area contributed by atoms with Crippen molar-refractivity contribution in [1.82, 2.24) is 9.97 Å². The first-order valence-electron chi connectivity index (χ1n) is 7.44. The van der Waals surface area contributed by atoms with Gasteiger partial charge in [-0.2, -0.15) is 0 Å². The number of aryl methyl sites for hydroxylation is 2. The molecular weight excluding hydrogens is 314 g/mol. The van der Waals surface area contributed by atoms with Crippen molar-refractivity contribution < 1.29 is 0 Å². The highest BCUT2D eigenvalue weighted by molar-refractivity contribution is 7.19. The van der Waals surface area contributed by atoms with Crippen LogP contribution < -0.4 is 4.90 Å². The molecule has 0 aliphatic heterocycles. The van der Waals surface area contributed by atoms with Crippen LogP contribution in [-0.2, 0) is 19.4 Å². The third-order valence-corrected chi connectivity index (χ3v) is 5.78. The zero-order chi connectivity index (χ0) is 15.1. The Labute approximate surface area is 138 Å². The van der Waals surface area contributed by atoms with Gasteiger partial charge in [-0.3, -0.25) is 0 Å². The van der Waals surface area contributed by atoms with Gasteiger partial charge in [-0.15, -0.1) is 11.3 Å². The maximum absolute atomic E-state index is 6.29. The zero-order valence-corrected chi connectivity index (χ0v) is 13.9. The number of nitrogens with zero attached hydrogens (tertiary/aromatic N) is 3. The molecular formula is C17H16ClN3S. The molecule has 0 N–H and O–H groups in total. The van der Waals surface area contributed by atoms with Crippen LogP contribution in [0.1, 0.15) is 22.4 Å². The molecule has 1 aliphatic rings. The first-order valence-corrected chi connectivity index (χ1v) is 8.63. The van der Waals surface area contributed by atoms with Crippen LogP contribution in [0.2, 0.25) is 5.02 Å². The number of halogens is 1. The lowest BCUT2D eigenvalue weighted by atomic mass is 10.1. The number of fused-ring (bicyclic) bond motifs is 3. The van der Waals surface area contributed by atoms with Crippen molar-refractivity contribution in [2.75, 3.05) is 11.9 Å². The van der Waals surface area contributed by atoms with Crippen LogP contribution in [0.15, 0.2) is 30.6 Å². The molecule has 0 bridgehead atoms. The van der Waals surface area contributed by atoms with Crippen molar-refractivity contribution in [2.45, 2.75) is 25.8 Å². The van der Waals surface area contributed by atoms with Crippen LogP contribution in [0.5, 0.6) is 0 Å². The highest BCUT2D eigenvalue weighted by Crippen LogP contribution is 2.40. The number of rotatable bonds is 3. The third-order valence-electron chi connectivity index (χ3n) is 4.21. The Morgan fingerprint density at radius 1 is 1.23 bits per heavy atom. The molecule has 0 saturated heterocycles. The van der Waals surface area contributed by atoms with E-state index in [-0.39, 0.29) is 0 Å². The zero-order valence-electron chi connectivity index (χ0n) is 12.3. The Balaban J connectivity index is 1.76. The van der Waals surface area contributed by atoms with Crippen LogP contribution in [-0.4, -0.2) is 17.0 Å². The molecule has 5 heteroatoms. The summed E-state index contributed by atoms with van der Waals surface area (Å²) in [7, 11) is 2.07. The van der Waals surface area contributed by atoms with E-state index in [0.29, 0.717) is 0 Å². The van der Waals surface area contributed by atoms with Gasteiger partial charge in [-0.05, 0) is 36.5 Å². The number of hydrogen-bond donors (Lipinski definition) is 0. The predicted molar refractivity (Wildman–Crippen MR) is 93.0 cm³/mol. The lowest BCUT2D eigenvalue weighted by molar-refractivity contribution is 0.895. The maximum atomic E-state index is 6.29. The number of aromatic nitrogens is 2. The van der Waals surface area contributed by atoms with Gasteiger partial charge in [-0.25, -0.2) is 9.97 Å². The summed E-state index contributed by atoms with van der Waals surface area (Å²) in [5.74, 6) is 1.02. The average Bonchev–Trinajstić information content (AvgIpc) is 3.09. The molecule has 2 aromatic heterocycles. The first kappa shape index (κ1) is 14.0. The Morgan fingerprint density at radius 2 is 2.09 bits per heavy atom. The van der Waals surface area contributed by atoms with Crippen LogP contribution in [0.3, 0.4) is 0 Å². The fourth-order valence-electron chi connectivity index (χ4n) is 3.16. The molecule has 1 aromatic carbocycles. The summed E-state index contributed by atoms with van der Waals surface area (Å²) in [4.78, 5) is 13.8. The summed E-state index contributed by atoms with van der Waals surface area (Å²) in [6.45, 7) is 0.746. The topological polar surface area (TPSA) is 29.0 Å². The lowest BCUT2D eigenvalue weighted by Gasteiger charge is -2.20. The van der Waals surface area contributed by atoms with E-state index in [1.54, 1.807) is 6.33 Å². The summed E-state index contributed by atoms with van der Waals surface area (Å²) < 4.78 is 0. The molecule has 0 unspecified atom stereocenters. The lowest BCUT2D eigenvalue weighted by Crippen LogP contribution is -2.18. The van der Waals surface area contributed by atoms with E-state index in [4.69, 9.17) is 11.6 Å². The van der Waals surface area contributed by atoms with Gasteiger partial charge in [0.25, 0.3) is 0 Å². The second-order valence-corrected chi connectivity index (χ2v) is 7.17. The van der Waals surface area contributed by atoms with Crippen LogP contribution in [0, 0.1) is 0 Å². The molecule has 2 heterocycles. The van der Waals surface area contributed by atoms with E-state index in [0.717, 1.165) is 34.2 Å². The van der Waals surface area contributed by atoms with Crippen LogP contribution in [0.4, 0.5) is 5.82 Å². The summed E-state index contributed by atoms with van der Waals surface area (Å²) in [5, 5.41) is 2.05. The van der Waals surface area contributed by atoms with Gasteiger partial charge in [0.05, 0.1) is 5.39 Å². The number of anilines is 1. The van der Waals surface area contributed by atoms with E-state index in [1.165, 1.54) is 28.7 Å². The number of thiophene rings is 1. The van der Waals surface area contributed by atoms with E-state index < -0.39 is 0 Å². The van der Waals surface area contributed by atoms with Gasteiger partial charge in [0.15, 0.2) is 0 Å². The second-order valence-electron chi connectivity index (χ2n) is 5.68. The summed E-state index contributed by atoms with van der Waals surface area (Å²) >= 11 is 8.11. The highest BCUT2D eigenvalue weighted by atomic mass is 35.5. The van der Waals surface area contributed by atoms with Crippen molar-refractivity contribution in [3.05, 3.63) is 51.6 Å². The maximum Gasteiger partial charge on any atom is 0.141 e. The molecule has 112 valence electrons. The van der Waals surface area contributed by atoms with Gasteiger partial charge >= 0.3 is 0 Å². The monoisotopic (exact) mass is 329 g/mol. The van der Waals surface area contributed by atoms with Crippen LogP contribution >= 0.6 is 22.9 Å². The highest BCUT2D eigenvalue weighted by Gasteiger charge is 2.22. The summed E-state index contributed by atoms with van der Waals surface area (Å²) in [6, 6.07) is 7.98. The van der Waals surface area contributed by atoms with Crippen LogP contribution in [0.25, 0.3) is 10.2 Å². The molecule has 1 aliphatic carbocycles. The number of hydrogen-bond acceptors (Lipinski definition) is 4.